The Hall–Kier alpha value is -3.07. The molecule has 0 aliphatic carbocycles. The number of unbranched alkanes of at least 4 members (excludes halogenated alkanes) is 8. The summed E-state index contributed by atoms with van der Waals surface area (Å²) in [7, 11) is 1.14. The lowest BCUT2D eigenvalue weighted by molar-refractivity contribution is -0.870. The van der Waals surface area contributed by atoms with Crippen molar-refractivity contribution in [2.45, 2.75) is 153 Å². The van der Waals surface area contributed by atoms with Gasteiger partial charge >= 0.3 is 25.7 Å². The first-order chi connectivity index (χ1) is 30.6. The second-order valence-corrected chi connectivity index (χ2v) is 19.3. The molecule has 0 amide bonds. The third-order valence-corrected chi connectivity index (χ3v) is 11.8. The number of hydrogen-bond donors (Lipinski definition) is 4. The van der Waals surface area contributed by atoms with Gasteiger partial charge in [0.1, 0.15) is 25.8 Å². The fraction of sp³-hybridized carbons (Fsp3) is 0.653. The molecule has 366 valence electrons. The van der Waals surface area contributed by atoms with Crippen LogP contribution in [-0.2, 0) is 37.5 Å². The summed E-state index contributed by atoms with van der Waals surface area (Å²) in [4.78, 5) is 47.3. The Morgan fingerprint density at radius 1 is 0.719 bits per heavy atom. The molecule has 5 atom stereocenters. The van der Waals surface area contributed by atoms with Gasteiger partial charge in [-0.05, 0) is 77.0 Å². The average molecular weight is 940 g/mol. The van der Waals surface area contributed by atoms with Crippen LogP contribution in [0.5, 0.6) is 0 Å². The van der Waals surface area contributed by atoms with Gasteiger partial charge in [-0.15, -0.1) is 11.8 Å². The number of quaternary nitrogens is 1. The Morgan fingerprint density at radius 2 is 1.28 bits per heavy atom. The first-order valence-corrected chi connectivity index (χ1v) is 25.8. The van der Waals surface area contributed by atoms with E-state index in [0.717, 1.165) is 44.9 Å². The lowest BCUT2D eigenvalue weighted by Crippen LogP contribution is -2.40. The van der Waals surface area contributed by atoms with E-state index in [9.17, 15) is 28.9 Å². The van der Waals surface area contributed by atoms with Gasteiger partial charge in [0.25, 0.3) is 0 Å². The van der Waals surface area contributed by atoms with E-state index in [4.69, 9.17) is 29.4 Å². The molecule has 0 aromatic carbocycles. The van der Waals surface area contributed by atoms with Crippen molar-refractivity contribution in [2.75, 3.05) is 53.3 Å². The number of nitrogens with two attached hydrogens (primary N) is 1. The third kappa shape index (κ3) is 40.4. The number of aliphatic hydroxyl groups is 1. The van der Waals surface area contributed by atoms with E-state index < -0.39 is 62.4 Å². The van der Waals surface area contributed by atoms with Crippen LogP contribution in [0.15, 0.2) is 85.1 Å². The minimum absolute atomic E-state index is 0.0132. The second kappa shape index (κ2) is 40.2. The molecule has 0 saturated heterocycles. The molecule has 0 aromatic rings. The smallest absolute Gasteiger partial charge is 0.472 e. The zero-order valence-electron chi connectivity index (χ0n) is 39.6. The van der Waals surface area contributed by atoms with Crippen LogP contribution in [0.1, 0.15) is 129 Å². The van der Waals surface area contributed by atoms with Crippen LogP contribution < -0.4 is 5.73 Å². The van der Waals surface area contributed by atoms with Crippen molar-refractivity contribution in [3.63, 3.8) is 0 Å². The molecule has 0 spiro atoms. The normalized spacial score (nSPS) is 15.6. The van der Waals surface area contributed by atoms with Gasteiger partial charge in [0.15, 0.2) is 6.10 Å². The summed E-state index contributed by atoms with van der Waals surface area (Å²) < 4.78 is 34.3. The lowest BCUT2D eigenvalue weighted by atomic mass is 10.1. The Kier molecular flexibility index (Phi) is 38.3. The Bertz CT molecular complexity index is 1490. The fourth-order valence-electron chi connectivity index (χ4n) is 5.56. The number of thioether (sulfide) groups is 1. The number of phosphoric acid groups is 1. The molecule has 0 radical (unpaired) electrons. The molecule has 0 aliphatic heterocycles. The first kappa shape index (κ1) is 60.9. The number of esters is 2. The van der Waals surface area contributed by atoms with Gasteiger partial charge in [-0.25, -0.2) is 4.57 Å². The molecule has 64 heavy (non-hydrogen) atoms. The molecule has 0 fully saturated rings. The Balaban J connectivity index is 5.35. The molecular formula is C49H84N2O11PS+. The van der Waals surface area contributed by atoms with Crippen LogP contribution in [0.2, 0.25) is 0 Å². The number of carboxylic acids is 1. The van der Waals surface area contributed by atoms with Crippen molar-refractivity contribution < 1.29 is 57.1 Å². The van der Waals surface area contributed by atoms with Crippen LogP contribution in [0.4, 0.5) is 0 Å². The fourth-order valence-corrected chi connectivity index (χ4v) is 7.43. The number of phosphoric ester groups is 1. The van der Waals surface area contributed by atoms with Crippen molar-refractivity contribution in [1.29, 1.82) is 0 Å². The molecule has 13 nitrogen and oxygen atoms in total. The summed E-state index contributed by atoms with van der Waals surface area (Å²) in [6.45, 7) is 3.71. The molecular weight excluding hydrogens is 856 g/mol. The summed E-state index contributed by atoms with van der Waals surface area (Å²) in [5.41, 5.74) is 6.24. The monoisotopic (exact) mass is 940 g/mol. The lowest BCUT2D eigenvalue weighted by Gasteiger charge is -2.25. The van der Waals surface area contributed by atoms with E-state index in [1.54, 1.807) is 12.2 Å². The number of carboxylic acid groups (broad SMARTS) is 1. The molecule has 0 bridgehead atoms. The minimum Gasteiger partial charge on any atom is -0.481 e. The van der Waals surface area contributed by atoms with E-state index in [1.165, 1.54) is 50.3 Å². The second-order valence-electron chi connectivity index (χ2n) is 16.6. The van der Waals surface area contributed by atoms with Crippen molar-refractivity contribution in [1.82, 2.24) is 0 Å². The maximum absolute atomic E-state index is 13.2. The van der Waals surface area contributed by atoms with Crippen molar-refractivity contribution in [3.05, 3.63) is 85.1 Å². The highest BCUT2D eigenvalue weighted by molar-refractivity contribution is 8.00. The predicted molar refractivity (Wildman–Crippen MR) is 262 cm³/mol. The average Bonchev–Trinajstić information content (AvgIpc) is 3.23. The molecule has 1 unspecified atom stereocenters. The highest BCUT2D eigenvalue weighted by Crippen LogP contribution is 2.43. The van der Waals surface area contributed by atoms with Crippen molar-refractivity contribution in [2.24, 2.45) is 5.73 Å². The molecule has 15 heteroatoms. The standard InChI is InChI=1S/C49H83N2O11PS/c1-6-8-10-12-14-16-18-20-21-22-24-26-28-30-32-37-48(55)59-40-43(41-61-63(57,58)60-39-38-51(3,4)5)62-49(56)44(50)42-64-46(45(52)34-33-36-47(53)54)35-31-29-27-25-23-19-17-15-13-11-9-7-2/h14-17,20-21,23-27,29,31,35,43-46,52H,6-13,18-19,22,28,30,32-34,36-42,50H2,1-5H3,(H-,53,54,57,58)/p+1/b16-14-,17-15-,21-20-,25-23-,26-24-,29-27+,35-31+/t43-,44+,45+,46-/m1/s1. The number of nitrogens with zero attached hydrogens (tertiary/aromatic N) is 1. The SMILES string of the molecule is CCCCC/C=C\C\C=C/C=C/C=C/[C@@H](SC[C@H](N)C(=O)O[C@H](COC(=O)CCCC/C=C\C/C=C\C/C=C\CCCCC)COP(=O)(O)OCC[N+](C)(C)C)[C@@H](O)CCCC(=O)O. The van der Waals surface area contributed by atoms with Gasteiger partial charge in [-0.3, -0.25) is 23.4 Å². The van der Waals surface area contributed by atoms with Crippen LogP contribution in [0.25, 0.3) is 0 Å². The summed E-state index contributed by atoms with van der Waals surface area (Å²) in [5.74, 6) is -2.34. The maximum Gasteiger partial charge on any atom is 0.472 e. The first-order valence-electron chi connectivity index (χ1n) is 23.3. The Labute approximate surface area is 390 Å². The maximum atomic E-state index is 13.2. The van der Waals surface area contributed by atoms with Crippen molar-refractivity contribution in [3.8, 4) is 0 Å². The largest absolute Gasteiger partial charge is 0.481 e. The predicted octanol–water partition coefficient (Wildman–Crippen LogP) is 10.1. The number of aliphatic carboxylic acids is 1. The highest BCUT2D eigenvalue weighted by atomic mass is 32.2. The number of likely N-dealkylation sites (N-methyl/N-ethyl adjacent to an activating group) is 1. The van der Waals surface area contributed by atoms with E-state index in [0.29, 0.717) is 17.4 Å². The van der Waals surface area contributed by atoms with Gasteiger partial charge in [-0.2, -0.15) is 0 Å². The molecule has 0 aromatic heterocycles. The highest BCUT2D eigenvalue weighted by Gasteiger charge is 2.29. The summed E-state index contributed by atoms with van der Waals surface area (Å²) >= 11 is 1.20. The molecule has 0 aliphatic rings. The quantitative estimate of drug-likeness (QED) is 0.0113. The number of ether oxygens (including phenoxy) is 2. The van der Waals surface area contributed by atoms with Gasteiger partial charge in [-0.1, -0.05) is 125 Å². The van der Waals surface area contributed by atoms with Crippen molar-refractivity contribution >= 4 is 37.5 Å². The summed E-state index contributed by atoms with van der Waals surface area (Å²) in [6, 6.07) is -1.19. The molecule has 0 saturated carbocycles. The molecule has 0 rings (SSSR count). The minimum atomic E-state index is -4.55. The topological polar surface area (TPSA) is 192 Å². The van der Waals surface area contributed by atoms with E-state index in [1.807, 2.05) is 45.4 Å². The van der Waals surface area contributed by atoms with Gasteiger partial charge in [0.2, 0.25) is 0 Å². The summed E-state index contributed by atoms with van der Waals surface area (Å²) in [5, 5.41) is 19.5. The Morgan fingerprint density at radius 3 is 1.86 bits per heavy atom. The van der Waals surface area contributed by atoms with Gasteiger partial charge in [0.05, 0.1) is 33.9 Å². The zero-order valence-corrected chi connectivity index (χ0v) is 41.4. The van der Waals surface area contributed by atoms with Crippen LogP contribution >= 0.6 is 19.6 Å². The zero-order chi connectivity index (χ0) is 47.7. The molecule has 5 N–H and O–H groups in total. The summed E-state index contributed by atoms with van der Waals surface area (Å²) in [6.07, 6.45) is 41.1. The number of hydrogen-bond acceptors (Lipinski definition) is 11. The van der Waals surface area contributed by atoms with Crippen LogP contribution in [0.3, 0.4) is 0 Å². The van der Waals surface area contributed by atoms with E-state index in [-0.39, 0.29) is 38.0 Å². The number of carbonyl (C=O) groups excluding carboxylic acids is 2. The van der Waals surface area contributed by atoms with E-state index >= 15 is 0 Å². The number of rotatable bonds is 41. The van der Waals surface area contributed by atoms with Gasteiger partial charge in [0, 0.05) is 23.8 Å². The third-order valence-electron chi connectivity index (χ3n) is 9.40. The molecule has 0 heterocycles. The van der Waals surface area contributed by atoms with Crippen LogP contribution in [0, 0.1) is 0 Å². The number of aliphatic hydroxyl groups excluding tert-OH is 1. The van der Waals surface area contributed by atoms with Gasteiger partial charge < -0.3 is 34.8 Å². The van der Waals surface area contributed by atoms with E-state index in [2.05, 4.69) is 62.5 Å². The van der Waals surface area contributed by atoms with Crippen LogP contribution in [-0.4, -0.2) is 114 Å². The number of carbonyl (C=O) groups is 3. The number of allylic oxidation sites excluding steroid dienone is 13.